The van der Waals surface area contributed by atoms with Crippen LogP contribution in [-0.2, 0) is 14.6 Å². The first-order valence-corrected chi connectivity index (χ1v) is 8.24. The number of ether oxygens (including phenoxy) is 1. The van der Waals surface area contributed by atoms with E-state index in [1.54, 1.807) is 6.92 Å². The number of amides is 3. The van der Waals surface area contributed by atoms with Crippen LogP contribution in [0.4, 0.5) is 4.79 Å². The van der Waals surface area contributed by atoms with E-state index in [0.717, 1.165) is 11.2 Å². The highest BCUT2D eigenvalue weighted by Crippen LogP contribution is 2.17. The largest absolute Gasteiger partial charge is 0.481 e. The van der Waals surface area contributed by atoms with E-state index in [1.807, 2.05) is 0 Å². The summed E-state index contributed by atoms with van der Waals surface area (Å²) in [6.07, 6.45) is 0.277. The lowest BCUT2D eigenvalue weighted by atomic mass is 10.3. The van der Waals surface area contributed by atoms with Crippen molar-refractivity contribution in [2.75, 3.05) is 19.3 Å². The fraction of sp³-hybridized carbons (Fsp3) is 0.385. The second kappa shape index (κ2) is 5.72. The SMILES string of the molecule is CC(Oc1ccc(S(C)(=O)=O)cc1)C(=O)N1CCNC1=O. The van der Waals surface area contributed by atoms with E-state index in [-0.39, 0.29) is 4.90 Å². The summed E-state index contributed by atoms with van der Waals surface area (Å²) in [7, 11) is -3.27. The average Bonchev–Trinajstić information content (AvgIpc) is 2.83. The van der Waals surface area contributed by atoms with Gasteiger partial charge in [-0.05, 0) is 31.2 Å². The zero-order chi connectivity index (χ0) is 15.6. The van der Waals surface area contributed by atoms with Gasteiger partial charge in [0.1, 0.15) is 5.75 Å². The lowest BCUT2D eigenvalue weighted by Gasteiger charge is -2.19. The molecule has 0 saturated carbocycles. The molecule has 2 rings (SSSR count). The van der Waals surface area contributed by atoms with E-state index < -0.39 is 27.9 Å². The van der Waals surface area contributed by atoms with Crippen molar-refractivity contribution in [3.05, 3.63) is 24.3 Å². The predicted molar refractivity (Wildman–Crippen MR) is 74.8 cm³/mol. The molecule has 1 aromatic carbocycles. The molecule has 1 aliphatic heterocycles. The second-order valence-electron chi connectivity index (χ2n) is 4.73. The van der Waals surface area contributed by atoms with Gasteiger partial charge in [-0.15, -0.1) is 0 Å². The van der Waals surface area contributed by atoms with Crippen molar-refractivity contribution >= 4 is 21.8 Å². The number of sulfone groups is 1. The third-order valence-electron chi connectivity index (χ3n) is 3.04. The van der Waals surface area contributed by atoms with Crippen molar-refractivity contribution in [2.45, 2.75) is 17.9 Å². The van der Waals surface area contributed by atoms with E-state index in [2.05, 4.69) is 5.32 Å². The number of carbonyl (C=O) groups is 2. The van der Waals surface area contributed by atoms with Gasteiger partial charge in [-0.2, -0.15) is 0 Å². The van der Waals surface area contributed by atoms with Gasteiger partial charge in [0.25, 0.3) is 5.91 Å². The number of rotatable bonds is 4. The molecule has 1 heterocycles. The Hall–Kier alpha value is -2.09. The number of nitrogens with one attached hydrogen (secondary N) is 1. The van der Waals surface area contributed by atoms with E-state index in [4.69, 9.17) is 4.74 Å². The quantitative estimate of drug-likeness (QED) is 0.869. The van der Waals surface area contributed by atoms with Gasteiger partial charge >= 0.3 is 6.03 Å². The lowest BCUT2D eigenvalue weighted by molar-refractivity contribution is -0.134. The van der Waals surface area contributed by atoms with Crippen LogP contribution in [0, 0.1) is 0 Å². The standard InChI is InChI=1S/C13H16N2O5S/c1-9(12(16)15-8-7-14-13(15)17)20-10-3-5-11(6-4-10)21(2,18)19/h3-6,9H,7-8H2,1-2H3,(H,14,17). The molecule has 0 aliphatic carbocycles. The monoisotopic (exact) mass is 312 g/mol. The maximum atomic E-state index is 12.0. The summed E-state index contributed by atoms with van der Waals surface area (Å²) in [6.45, 7) is 2.29. The van der Waals surface area contributed by atoms with Crippen LogP contribution < -0.4 is 10.1 Å². The van der Waals surface area contributed by atoms with Crippen LogP contribution in [0.25, 0.3) is 0 Å². The molecule has 0 bridgehead atoms. The Morgan fingerprint density at radius 1 is 1.33 bits per heavy atom. The van der Waals surface area contributed by atoms with E-state index in [1.165, 1.54) is 24.3 Å². The highest BCUT2D eigenvalue weighted by Gasteiger charge is 2.30. The average molecular weight is 312 g/mol. The zero-order valence-corrected chi connectivity index (χ0v) is 12.5. The van der Waals surface area contributed by atoms with Gasteiger partial charge < -0.3 is 10.1 Å². The van der Waals surface area contributed by atoms with Crippen molar-refractivity contribution in [3.8, 4) is 5.75 Å². The van der Waals surface area contributed by atoms with Crippen molar-refractivity contribution in [1.82, 2.24) is 10.2 Å². The summed E-state index contributed by atoms with van der Waals surface area (Å²) >= 11 is 0. The Bertz CT molecular complexity index is 654. The molecule has 1 N–H and O–H groups in total. The maximum absolute atomic E-state index is 12.0. The first-order valence-electron chi connectivity index (χ1n) is 6.35. The minimum Gasteiger partial charge on any atom is -0.481 e. The molecule has 21 heavy (non-hydrogen) atoms. The van der Waals surface area contributed by atoms with Crippen molar-refractivity contribution < 1.29 is 22.7 Å². The molecule has 7 nitrogen and oxygen atoms in total. The van der Waals surface area contributed by atoms with Crippen LogP contribution >= 0.6 is 0 Å². The van der Waals surface area contributed by atoms with Crippen LogP contribution in [0.15, 0.2) is 29.2 Å². The molecule has 114 valence electrons. The third-order valence-corrected chi connectivity index (χ3v) is 4.16. The summed E-state index contributed by atoms with van der Waals surface area (Å²) in [5.74, 6) is -0.0694. The minimum absolute atomic E-state index is 0.174. The summed E-state index contributed by atoms with van der Waals surface area (Å²) in [6, 6.07) is 5.34. The molecule has 1 saturated heterocycles. The summed E-state index contributed by atoms with van der Waals surface area (Å²) < 4.78 is 28.1. The number of imide groups is 1. The lowest BCUT2D eigenvalue weighted by Crippen LogP contribution is -2.42. The molecule has 0 aromatic heterocycles. The topological polar surface area (TPSA) is 92.8 Å². The number of nitrogens with zero attached hydrogens (tertiary/aromatic N) is 1. The Morgan fingerprint density at radius 3 is 2.43 bits per heavy atom. The maximum Gasteiger partial charge on any atom is 0.324 e. The van der Waals surface area contributed by atoms with Crippen LogP contribution in [0.2, 0.25) is 0 Å². The molecule has 1 aromatic rings. The summed E-state index contributed by atoms with van der Waals surface area (Å²) in [5.41, 5.74) is 0. The first kappa shape index (κ1) is 15.3. The van der Waals surface area contributed by atoms with E-state index in [0.29, 0.717) is 18.8 Å². The molecule has 0 spiro atoms. The number of carbonyl (C=O) groups excluding carboxylic acids is 2. The second-order valence-corrected chi connectivity index (χ2v) is 6.74. The molecular weight excluding hydrogens is 296 g/mol. The number of benzene rings is 1. The van der Waals surface area contributed by atoms with Crippen molar-refractivity contribution in [1.29, 1.82) is 0 Å². The highest BCUT2D eigenvalue weighted by atomic mass is 32.2. The smallest absolute Gasteiger partial charge is 0.324 e. The fourth-order valence-corrected chi connectivity index (χ4v) is 2.55. The van der Waals surface area contributed by atoms with Gasteiger partial charge in [0.15, 0.2) is 15.9 Å². The molecule has 1 aliphatic rings. The Labute approximate surface area is 122 Å². The first-order chi connectivity index (χ1) is 9.79. The Balaban J connectivity index is 2.04. The minimum atomic E-state index is -3.27. The summed E-state index contributed by atoms with van der Waals surface area (Å²) in [4.78, 5) is 24.7. The normalized spacial score (nSPS) is 16.5. The van der Waals surface area contributed by atoms with Gasteiger partial charge in [0.05, 0.1) is 4.90 Å². The molecule has 0 radical (unpaired) electrons. The molecule has 1 atom stereocenters. The number of hydrogen-bond acceptors (Lipinski definition) is 5. The molecule has 1 unspecified atom stereocenters. The van der Waals surface area contributed by atoms with Crippen LogP contribution in [0.3, 0.4) is 0 Å². The van der Waals surface area contributed by atoms with Crippen LogP contribution in [-0.4, -0.2) is 50.7 Å². The number of hydrogen-bond donors (Lipinski definition) is 1. The van der Waals surface area contributed by atoms with E-state index in [9.17, 15) is 18.0 Å². The van der Waals surface area contributed by atoms with Crippen LogP contribution in [0.1, 0.15) is 6.92 Å². The van der Waals surface area contributed by atoms with Gasteiger partial charge in [-0.25, -0.2) is 13.2 Å². The summed E-state index contributed by atoms with van der Waals surface area (Å²) in [5, 5.41) is 2.54. The molecule has 1 fully saturated rings. The Kier molecular flexibility index (Phi) is 4.17. The van der Waals surface area contributed by atoms with Gasteiger partial charge in [-0.1, -0.05) is 0 Å². The number of urea groups is 1. The van der Waals surface area contributed by atoms with Gasteiger partial charge in [0.2, 0.25) is 0 Å². The third kappa shape index (κ3) is 3.52. The van der Waals surface area contributed by atoms with E-state index >= 15 is 0 Å². The zero-order valence-electron chi connectivity index (χ0n) is 11.7. The molecule has 8 heteroatoms. The van der Waals surface area contributed by atoms with Crippen molar-refractivity contribution in [2.24, 2.45) is 0 Å². The van der Waals surface area contributed by atoms with Gasteiger partial charge in [-0.3, -0.25) is 9.69 Å². The fourth-order valence-electron chi connectivity index (χ4n) is 1.92. The van der Waals surface area contributed by atoms with Crippen LogP contribution in [0.5, 0.6) is 5.75 Å². The van der Waals surface area contributed by atoms with Crippen molar-refractivity contribution in [3.63, 3.8) is 0 Å². The van der Waals surface area contributed by atoms with Gasteiger partial charge in [0, 0.05) is 19.3 Å². The predicted octanol–water partition coefficient (Wildman–Crippen LogP) is 0.409. The molecule has 3 amide bonds. The highest BCUT2D eigenvalue weighted by molar-refractivity contribution is 7.90. The molecular formula is C13H16N2O5S. The Morgan fingerprint density at radius 2 is 1.95 bits per heavy atom.